The zero-order valence-electron chi connectivity index (χ0n) is 16.3. The van der Waals surface area contributed by atoms with E-state index < -0.39 is 6.10 Å². The minimum atomic E-state index is -0.756. The van der Waals surface area contributed by atoms with Crippen LogP contribution in [0.5, 0.6) is 0 Å². The molecule has 0 fully saturated rings. The maximum atomic E-state index is 13.9. The highest BCUT2D eigenvalue weighted by molar-refractivity contribution is 7.99. The SMILES string of the molecule is CCSc1nnc(-c2cnn(CC(O)c3ccccc3)c2N)n1-c1cccc(F)c1. The van der Waals surface area contributed by atoms with Crippen LogP contribution in [0.2, 0.25) is 0 Å². The third-order valence-electron chi connectivity index (χ3n) is 4.62. The van der Waals surface area contributed by atoms with Gasteiger partial charge >= 0.3 is 0 Å². The van der Waals surface area contributed by atoms with Gasteiger partial charge in [0.2, 0.25) is 0 Å². The topological polar surface area (TPSA) is 94.8 Å². The van der Waals surface area contributed by atoms with Gasteiger partial charge in [0.1, 0.15) is 11.6 Å². The van der Waals surface area contributed by atoms with Crippen molar-refractivity contribution in [3.05, 3.63) is 72.2 Å². The van der Waals surface area contributed by atoms with E-state index in [9.17, 15) is 9.50 Å². The molecule has 0 amide bonds. The Balaban J connectivity index is 1.72. The molecular weight excluding hydrogens is 403 g/mol. The predicted molar refractivity (Wildman–Crippen MR) is 115 cm³/mol. The summed E-state index contributed by atoms with van der Waals surface area (Å²) in [7, 11) is 0. The van der Waals surface area contributed by atoms with Gasteiger partial charge in [0, 0.05) is 0 Å². The number of anilines is 1. The number of aliphatic hydroxyl groups is 1. The Morgan fingerprint density at radius 2 is 1.93 bits per heavy atom. The molecule has 4 rings (SSSR count). The van der Waals surface area contributed by atoms with Crippen molar-refractivity contribution in [1.29, 1.82) is 0 Å². The van der Waals surface area contributed by atoms with E-state index in [-0.39, 0.29) is 12.4 Å². The number of aromatic nitrogens is 5. The standard InChI is InChI=1S/C21H21FN6OS/c1-2-30-21-26-25-20(28(21)16-10-6-9-15(22)11-16)17-12-24-27(19(17)23)13-18(29)14-7-4-3-5-8-14/h3-12,18,29H,2,13,23H2,1H3. The van der Waals surface area contributed by atoms with Crippen LogP contribution in [-0.2, 0) is 6.54 Å². The number of hydrogen-bond donors (Lipinski definition) is 2. The number of aliphatic hydroxyl groups excluding tert-OH is 1. The van der Waals surface area contributed by atoms with E-state index in [0.717, 1.165) is 11.3 Å². The van der Waals surface area contributed by atoms with Crippen molar-refractivity contribution in [1.82, 2.24) is 24.5 Å². The summed E-state index contributed by atoms with van der Waals surface area (Å²) in [6.45, 7) is 2.20. The largest absolute Gasteiger partial charge is 0.386 e. The second-order valence-electron chi connectivity index (χ2n) is 6.61. The highest BCUT2D eigenvalue weighted by atomic mass is 32.2. The summed E-state index contributed by atoms with van der Waals surface area (Å²) in [6, 6.07) is 15.6. The summed E-state index contributed by atoms with van der Waals surface area (Å²) in [5.74, 6) is 1.25. The Morgan fingerprint density at radius 1 is 1.13 bits per heavy atom. The van der Waals surface area contributed by atoms with Crippen LogP contribution in [0.15, 0.2) is 66.0 Å². The van der Waals surface area contributed by atoms with Crippen molar-refractivity contribution < 1.29 is 9.50 Å². The molecular formula is C21H21FN6OS. The molecule has 2 aromatic heterocycles. The summed E-state index contributed by atoms with van der Waals surface area (Å²) in [4.78, 5) is 0. The minimum Gasteiger partial charge on any atom is -0.386 e. The number of rotatable bonds is 7. The van der Waals surface area contributed by atoms with Crippen LogP contribution < -0.4 is 5.73 Å². The molecule has 154 valence electrons. The molecule has 0 aliphatic carbocycles. The molecule has 7 nitrogen and oxygen atoms in total. The van der Waals surface area contributed by atoms with Gasteiger partial charge < -0.3 is 10.8 Å². The lowest BCUT2D eigenvalue weighted by Crippen LogP contribution is -2.12. The molecule has 0 spiro atoms. The highest BCUT2D eigenvalue weighted by Gasteiger charge is 2.21. The summed E-state index contributed by atoms with van der Waals surface area (Å²) in [6.07, 6.45) is 0.835. The second kappa shape index (κ2) is 8.68. The zero-order chi connectivity index (χ0) is 21.1. The van der Waals surface area contributed by atoms with Gasteiger partial charge in [-0.1, -0.05) is 55.1 Å². The van der Waals surface area contributed by atoms with Crippen LogP contribution in [0.1, 0.15) is 18.6 Å². The first kappa shape index (κ1) is 20.1. The molecule has 1 atom stereocenters. The van der Waals surface area contributed by atoms with Crippen molar-refractivity contribution in [2.45, 2.75) is 24.7 Å². The fraction of sp³-hybridized carbons (Fsp3) is 0.190. The van der Waals surface area contributed by atoms with Gasteiger partial charge in [0.15, 0.2) is 11.0 Å². The number of thioether (sulfide) groups is 1. The first-order valence-electron chi connectivity index (χ1n) is 9.47. The molecule has 0 saturated heterocycles. The normalized spacial score (nSPS) is 12.2. The molecule has 0 aliphatic rings. The summed E-state index contributed by atoms with van der Waals surface area (Å²) in [5, 5.41) is 24.0. The van der Waals surface area contributed by atoms with Crippen molar-refractivity contribution in [2.75, 3.05) is 11.5 Å². The van der Waals surface area contributed by atoms with E-state index >= 15 is 0 Å². The highest BCUT2D eigenvalue weighted by Crippen LogP contribution is 2.31. The molecule has 4 aromatic rings. The number of nitrogens with zero attached hydrogens (tertiary/aromatic N) is 5. The fourth-order valence-corrected chi connectivity index (χ4v) is 3.85. The lowest BCUT2D eigenvalue weighted by molar-refractivity contribution is 0.152. The Bertz CT molecular complexity index is 1140. The second-order valence-corrected chi connectivity index (χ2v) is 7.84. The number of benzene rings is 2. The molecule has 0 bridgehead atoms. The first-order chi connectivity index (χ1) is 14.6. The molecule has 0 radical (unpaired) electrons. The van der Waals surface area contributed by atoms with Gasteiger partial charge in [-0.15, -0.1) is 10.2 Å². The van der Waals surface area contributed by atoms with Crippen molar-refractivity contribution in [3.63, 3.8) is 0 Å². The quantitative estimate of drug-likeness (QED) is 0.439. The smallest absolute Gasteiger partial charge is 0.196 e. The summed E-state index contributed by atoms with van der Waals surface area (Å²) < 4.78 is 17.2. The lowest BCUT2D eigenvalue weighted by atomic mass is 10.1. The number of hydrogen-bond acceptors (Lipinski definition) is 6. The van der Waals surface area contributed by atoms with Crippen LogP contribution >= 0.6 is 11.8 Å². The molecule has 9 heteroatoms. The Morgan fingerprint density at radius 3 is 2.67 bits per heavy atom. The monoisotopic (exact) mass is 424 g/mol. The van der Waals surface area contributed by atoms with Crippen molar-refractivity contribution in [2.24, 2.45) is 0 Å². The summed E-state index contributed by atoms with van der Waals surface area (Å²) >= 11 is 1.50. The molecule has 2 heterocycles. The maximum absolute atomic E-state index is 13.9. The fourth-order valence-electron chi connectivity index (χ4n) is 3.17. The Labute approximate surface area is 177 Å². The van der Waals surface area contributed by atoms with Crippen LogP contribution in [0.25, 0.3) is 17.1 Å². The van der Waals surface area contributed by atoms with Crippen LogP contribution in [0, 0.1) is 5.82 Å². The third kappa shape index (κ3) is 3.94. The number of nitrogens with two attached hydrogens (primary N) is 1. The molecule has 0 aliphatic heterocycles. The van der Waals surface area contributed by atoms with Gasteiger partial charge in [-0.3, -0.25) is 4.57 Å². The van der Waals surface area contributed by atoms with Crippen LogP contribution in [0.4, 0.5) is 10.2 Å². The van der Waals surface area contributed by atoms with Gasteiger partial charge in [0.25, 0.3) is 0 Å². The molecule has 3 N–H and O–H groups in total. The van der Waals surface area contributed by atoms with E-state index in [1.54, 1.807) is 22.9 Å². The van der Waals surface area contributed by atoms with E-state index in [0.29, 0.717) is 28.0 Å². The maximum Gasteiger partial charge on any atom is 0.196 e. The van der Waals surface area contributed by atoms with Crippen LogP contribution in [-0.4, -0.2) is 35.4 Å². The Hall–Kier alpha value is -3.17. The van der Waals surface area contributed by atoms with Gasteiger partial charge in [-0.05, 0) is 29.5 Å². The van der Waals surface area contributed by atoms with Crippen molar-refractivity contribution in [3.8, 4) is 17.1 Å². The van der Waals surface area contributed by atoms with E-state index in [1.807, 2.05) is 37.3 Å². The third-order valence-corrected chi connectivity index (χ3v) is 5.44. The summed E-state index contributed by atoms with van der Waals surface area (Å²) in [5.41, 5.74) is 8.29. The van der Waals surface area contributed by atoms with Gasteiger partial charge in [0.05, 0.1) is 30.1 Å². The number of nitrogen functional groups attached to an aromatic ring is 1. The minimum absolute atomic E-state index is 0.195. The predicted octanol–water partition coefficient (Wildman–Crippen LogP) is 3.70. The van der Waals surface area contributed by atoms with Crippen molar-refractivity contribution >= 4 is 17.6 Å². The van der Waals surface area contributed by atoms with Gasteiger partial charge in [-0.25, -0.2) is 9.07 Å². The zero-order valence-corrected chi connectivity index (χ0v) is 17.1. The van der Waals surface area contributed by atoms with Crippen LogP contribution in [0.3, 0.4) is 0 Å². The molecule has 30 heavy (non-hydrogen) atoms. The van der Waals surface area contributed by atoms with E-state index in [4.69, 9.17) is 5.73 Å². The first-order valence-corrected chi connectivity index (χ1v) is 10.5. The van der Waals surface area contributed by atoms with E-state index in [2.05, 4.69) is 15.3 Å². The molecule has 2 aromatic carbocycles. The average molecular weight is 425 g/mol. The molecule has 0 saturated carbocycles. The Kier molecular flexibility index (Phi) is 5.82. The average Bonchev–Trinajstić information content (AvgIpc) is 3.32. The van der Waals surface area contributed by atoms with E-state index in [1.165, 1.54) is 28.6 Å². The lowest BCUT2D eigenvalue weighted by Gasteiger charge is -2.13. The molecule has 1 unspecified atom stereocenters. The van der Waals surface area contributed by atoms with Gasteiger partial charge in [-0.2, -0.15) is 5.10 Å². The number of halogens is 1.